The lowest BCUT2D eigenvalue weighted by atomic mass is 10.1. The molecule has 0 bridgehead atoms. The van der Waals surface area contributed by atoms with Gasteiger partial charge >= 0.3 is 6.03 Å². The van der Waals surface area contributed by atoms with Crippen molar-refractivity contribution in [2.75, 3.05) is 11.9 Å². The van der Waals surface area contributed by atoms with E-state index in [0.29, 0.717) is 5.56 Å². The third kappa shape index (κ3) is 3.99. The van der Waals surface area contributed by atoms with Crippen molar-refractivity contribution in [1.29, 1.82) is 0 Å². The van der Waals surface area contributed by atoms with E-state index in [2.05, 4.69) is 10.3 Å². The van der Waals surface area contributed by atoms with Crippen molar-refractivity contribution in [3.8, 4) is 0 Å². The Balaban J connectivity index is 1.63. The van der Waals surface area contributed by atoms with Crippen LogP contribution < -0.4 is 10.2 Å². The summed E-state index contributed by atoms with van der Waals surface area (Å²) in [6.07, 6.45) is 3.28. The number of rotatable bonds is 5. The van der Waals surface area contributed by atoms with Crippen LogP contribution in [0.5, 0.6) is 0 Å². The molecule has 3 amide bonds. The van der Waals surface area contributed by atoms with Crippen LogP contribution in [0.2, 0.25) is 0 Å². The van der Waals surface area contributed by atoms with Crippen LogP contribution >= 0.6 is 0 Å². The van der Waals surface area contributed by atoms with Gasteiger partial charge in [-0.1, -0.05) is 36.4 Å². The number of fused-ring (bicyclic) bond motifs is 1. The number of carbonyl (C=O) groups is 2. The van der Waals surface area contributed by atoms with E-state index < -0.39 is 22.0 Å². The van der Waals surface area contributed by atoms with Gasteiger partial charge in [0.15, 0.2) is 0 Å². The van der Waals surface area contributed by atoms with Crippen molar-refractivity contribution in [3.05, 3.63) is 89.7 Å². The van der Waals surface area contributed by atoms with E-state index in [1.807, 2.05) is 12.1 Å². The first-order chi connectivity index (χ1) is 14.9. The molecule has 2 heterocycles. The van der Waals surface area contributed by atoms with E-state index in [0.717, 1.165) is 9.87 Å². The minimum atomic E-state index is -4.13. The van der Waals surface area contributed by atoms with Gasteiger partial charge in [-0.2, -0.15) is 0 Å². The number of sulfonamides is 1. The molecule has 0 saturated carbocycles. The van der Waals surface area contributed by atoms with Crippen molar-refractivity contribution in [2.45, 2.75) is 18.0 Å². The zero-order valence-electron chi connectivity index (χ0n) is 16.7. The zero-order chi connectivity index (χ0) is 22.0. The molecule has 1 N–H and O–H groups in total. The number of anilines is 1. The fourth-order valence-corrected chi connectivity index (χ4v) is 4.95. The van der Waals surface area contributed by atoms with Crippen molar-refractivity contribution < 1.29 is 18.0 Å². The highest BCUT2D eigenvalue weighted by molar-refractivity contribution is 7.90. The van der Waals surface area contributed by atoms with Crippen LogP contribution in [0, 0.1) is 0 Å². The number of pyridine rings is 1. The largest absolute Gasteiger partial charge is 0.348 e. The number of benzene rings is 2. The average molecular weight is 436 g/mol. The molecule has 1 aliphatic heterocycles. The van der Waals surface area contributed by atoms with Crippen LogP contribution in [0.1, 0.15) is 21.5 Å². The monoisotopic (exact) mass is 436 g/mol. The van der Waals surface area contributed by atoms with Crippen LogP contribution in [-0.2, 0) is 23.1 Å². The highest BCUT2D eigenvalue weighted by Gasteiger charge is 2.40. The first kappa shape index (κ1) is 20.5. The summed E-state index contributed by atoms with van der Waals surface area (Å²) in [5.74, 6) is -0.420. The maximum atomic E-state index is 13.3. The summed E-state index contributed by atoms with van der Waals surface area (Å²) in [4.78, 5) is 30.6. The topological polar surface area (TPSA) is 99.7 Å². The molecule has 0 spiro atoms. The maximum Gasteiger partial charge on any atom is 0.338 e. The SMILES string of the molecule is CN1C(=O)N(Cc2ccccc2)S(=O)(=O)c2cc(C(=O)NCc3cccnc3)ccc21. The number of aromatic nitrogens is 1. The molecule has 8 nitrogen and oxygen atoms in total. The Bertz CT molecular complexity index is 1230. The van der Waals surface area contributed by atoms with Crippen molar-refractivity contribution >= 4 is 27.6 Å². The fourth-order valence-electron chi connectivity index (χ4n) is 3.32. The Labute approximate surface area is 180 Å². The van der Waals surface area contributed by atoms with Gasteiger partial charge in [-0.3, -0.25) is 14.7 Å². The Morgan fingerprint density at radius 1 is 1.03 bits per heavy atom. The molecule has 1 aliphatic rings. The molecule has 0 radical (unpaired) electrons. The number of urea groups is 1. The second-order valence-corrected chi connectivity index (χ2v) is 8.90. The summed E-state index contributed by atoms with van der Waals surface area (Å²) < 4.78 is 27.3. The molecule has 0 fully saturated rings. The lowest BCUT2D eigenvalue weighted by molar-refractivity contribution is 0.0950. The quantitative estimate of drug-likeness (QED) is 0.663. The van der Waals surface area contributed by atoms with E-state index in [4.69, 9.17) is 0 Å². The first-order valence-corrected chi connectivity index (χ1v) is 11.0. The Morgan fingerprint density at radius 2 is 1.77 bits per heavy atom. The van der Waals surface area contributed by atoms with E-state index >= 15 is 0 Å². The number of carbonyl (C=O) groups excluding carboxylic acids is 2. The van der Waals surface area contributed by atoms with E-state index in [1.165, 1.54) is 30.1 Å². The second kappa shape index (κ2) is 8.19. The van der Waals surface area contributed by atoms with Crippen LogP contribution in [-0.4, -0.2) is 36.7 Å². The molecule has 0 atom stereocenters. The van der Waals surface area contributed by atoms with Gasteiger partial charge in [0.2, 0.25) is 0 Å². The number of nitrogens with zero attached hydrogens (tertiary/aromatic N) is 3. The predicted octanol–water partition coefficient (Wildman–Crippen LogP) is 2.77. The molecule has 0 unspecified atom stereocenters. The molecule has 3 aromatic rings. The molecule has 158 valence electrons. The number of nitrogens with one attached hydrogen (secondary N) is 1. The van der Waals surface area contributed by atoms with Gasteiger partial charge in [0, 0.05) is 31.5 Å². The maximum absolute atomic E-state index is 13.3. The molecule has 2 aromatic carbocycles. The Morgan fingerprint density at radius 3 is 2.48 bits per heavy atom. The van der Waals surface area contributed by atoms with Gasteiger partial charge < -0.3 is 5.32 Å². The van der Waals surface area contributed by atoms with Crippen molar-refractivity contribution in [1.82, 2.24) is 14.6 Å². The molecule has 0 saturated heterocycles. The second-order valence-electron chi connectivity index (χ2n) is 7.07. The number of hydrogen-bond acceptors (Lipinski definition) is 5. The summed E-state index contributed by atoms with van der Waals surface area (Å²) in [6, 6.07) is 16.1. The van der Waals surface area contributed by atoms with Crippen molar-refractivity contribution in [2.24, 2.45) is 0 Å². The van der Waals surface area contributed by atoms with E-state index in [-0.39, 0.29) is 29.2 Å². The van der Waals surface area contributed by atoms with Crippen LogP contribution in [0.15, 0.2) is 78.0 Å². The molecule has 31 heavy (non-hydrogen) atoms. The molecular formula is C22H20N4O4S. The zero-order valence-corrected chi connectivity index (χ0v) is 17.5. The summed E-state index contributed by atoms with van der Waals surface area (Å²) in [6.45, 7) is 0.165. The number of amides is 3. The van der Waals surface area contributed by atoms with Gasteiger partial charge in [-0.25, -0.2) is 17.5 Å². The first-order valence-electron chi connectivity index (χ1n) is 9.53. The summed E-state index contributed by atoms with van der Waals surface area (Å²) in [5.41, 5.74) is 1.93. The smallest absolute Gasteiger partial charge is 0.338 e. The van der Waals surface area contributed by atoms with Crippen LogP contribution in [0.3, 0.4) is 0 Å². The van der Waals surface area contributed by atoms with E-state index in [9.17, 15) is 18.0 Å². The van der Waals surface area contributed by atoms with E-state index in [1.54, 1.807) is 42.7 Å². The van der Waals surface area contributed by atoms with Gasteiger partial charge in [0.25, 0.3) is 15.9 Å². The number of hydrogen-bond donors (Lipinski definition) is 1. The van der Waals surface area contributed by atoms with Gasteiger partial charge in [0.05, 0.1) is 12.2 Å². The Kier molecular flexibility index (Phi) is 5.43. The normalized spacial score (nSPS) is 14.8. The Hall–Kier alpha value is -3.72. The van der Waals surface area contributed by atoms with Gasteiger partial charge in [-0.15, -0.1) is 0 Å². The van der Waals surface area contributed by atoms with Crippen molar-refractivity contribution in [3.63, 3.8) is 0 Å². The fraction of sp³-hybridized carbons (Fsp3) is 0.136. The third-order valence-corrected chi connectivity index (χ3v) is 6.74. The highest BCUT2D eigenvalue weighted by atomic mass is 32.2. The highest BCUT2D eigenvalue weighted by Crippen LogP contribution is 2.35. The molecule has 0 aliphatic carbocycles. The molecular weight excluding hydrogens is 416 g/mol. The van der Waals surface area contributed by atoms with Gasteiger partial charge in [-0.05, 0) is 35.4 Å². The predicted molar refractivity (Wildman–Crippen MR) is 115 cm³/mol. The average Bonchev–Trinajstić information content (AvgIpc) is 2.80. The molecule has 1 aromatic heterocycles. The lowest BCUT2D eigenvalue weighted by Crippen LogP contribution is -2.48. The third-order valence-electron chi connectivity index (χ3n) is 5.00. The standard InChI is InChI=1S/C22H20N4O4S/c1-25-19-10-9-18(21(27)24-14-17-8-5-11-23-13-17)12-20(19)31(29,30)26(22(25)28)15-16-6-3-2-4-7-16/h2-13H,14-15H2,1H3,(H,24,27). The molecule has 4 rings (SSSR count). The van der Waals surface area contributed by atoms with Crippen LogP contribution in [0.25, 0.3) is 0 Å². The summed E-state index contributed by atoms with van der Waals surface area (Å²) in [5, 5.41) is 2.75. The summed E-state index contributed by atoms with van der Waals surface area (Å²) in [7, 11) is -2.62. The minimum absolute atomic E-state index is 0.0837. The summed E-state index contributed by atoms with van der Waals surface area (Å²) >= 11 is 0. The lowest BCUT2D eigenvalue weighted by Gasteiger charge is -2.34. The minimum Gasteiger partial charge on any atom is -0.348 e. The van der Waals surface area contributed by atoms with Crippen LogP contribution in [0.4, 0.5) is 10.5 Å². The van der Waals surface area contributed by atoms with Gasteiger partial charge in [0.1, 0.15) is 4.90 Å². The molecule has 9 heteroatoms.